The van der Waals surface area contributed by atoms with Crippen LogP contribution >= 0.6 is 0 Å². The third-order valence-electron chi connectivity index (χ3n) is 1.73. The van der Waals surface area contributed by atoms with Gasteiger partial charge in [-0.3, -0.25) is 0 Å². The van der Waals surface area contributed by atoms with E-state index >= 15 is 0 Å². The highest BCUT2D eigenvalue weighted by atomic mass is 16.6. The van der Waals surface area contributed by atoms with Gasteiger partial charge in [-0.05, 0) is 13.8 Å². The lowest BCUT2D eigenvalue weighted by molar-refractivity contribution is 0.0943. The Labute approximate surface area is 65.8 Å². The number of cyclic esters (lactones) is 1. The molecule has 4 heteroatoms. The van der Waals surface area contributed by atoms with Crippen LogP contribution in [0.25, 0.3) is 0 Å². The second-order valence-electron chi connectivity index (χ2n) is 2.93. The fraction of sp³-hybridized carbons (Fsp3) is 0.857. The molecule has 1 fully saturated rings. The maximum atomic E-state index is 11.0. The molecule has 1 N–H and O–H groups in total. The van der Waals surface area contributed by atoms with Crippen molar-refractivity contribution in [3.8, 4) is 0 Å². The van der Waals surface area contributed by atoms with Crippen molar-refractivity contribution in [3.63, 3.8) is 0 Å². The summed E-state index contributed by atoms with van der Waals surface area (Å²) in [5.41, 5.74) is 0. The van der Waals surface area contributed by atoms with Crippen molar-refractivity contribution in [3.05, 3.63) is 0 Å². The van der Waals surface area contributed by atoms with Gasteiger partial charge in [0, 0.05) is 6.04 Å². The van der Waals surface area contributed by atoms with E-state index in [1.807, 2.05) is 13.8 Å². The second-order valence-corrected chi connectivity index (χ2v) is 2.93. The number of nitrogens with zero attached hydrogens (tertiary/aromatic N) is 1. The summed E-state index contributed by atoms with van der Waals surface area (Å²) in [4.78, 5) is 12.6. The van der Waals surface area contributed by atoms with Gasteiger partial charge < -0.3 is 14.7 Å². The van der Waals surface area contributed by atoms with E-state index in [9.17, 15) is 4.79 Å². The van der Waals surface area contributed by atoms with E-state index in [0.29, 0.717) is 6.54 Å². The van der Waals surface area contributed by atoms with Gasteiger partial charge in [-0.2, -0.15) is 0 Å². The minimum atomic E-state index is -0.329. The van der Waals surface area contributed by atoms with Gasteiger partial charge in [-0.1, -0.05) is 0 Å². The van der Waals surface area contributed by atoms with Crippen molar-refractivity contribution in [2.45, 2.75) is 26.0 Å². The number of ether oxygens (including phenoxy) is 1. The van der Waals surface area contributed by atoms with Crippen LogP contribution in [0.4, 0.5) is 4.79 Å². The SMILES string of the molecule is CC(C)N1C[C@@H](CO)OC1=O. The summed E-state index contributed by atoms with van der Waals surface area (Å²) in [6, 6.07) is 0.152. The monoisotopic (exact) mass is 159 g/mol. The molecule has 1 aliphatic rings. The van der Waals surface area contributed by atoms with E-state index in [4.69, 9.17) is 9.84 Å². The molecular formula is C7H13NO3. The number of hydrogen-bond acceptors (Lipinski definition) is 3. The maximum absolute atomic E-state index is 11.0. The number of carbonyl (C=O) groups excluding carboxylic acids is 1. The van der Waals surface area contributed by atoms with Crippen LogP contribution in [0.15, 0.2) is 0 Å². The summed E-state index contributed by atoms with van der Waals surface area (Å²) in [5, 5.41) is 8.68. The Balaban J connectivity index is 2.52. The molecule has 0 aromatic carbocycles. The Morgan fingerprint density at radius 1 is 1.82 bits per heavy atom. The Morgan fingerprint density at radius 3 is 2.73 bits per heavy atom. The van der Waals surface area contributed by atoms with Crippen LogP contribution in [-0.2, 0) is 4.74 Å². The van der Waals surface area contributed by atoms with Crippen molar-refractivity contribution in [2.24, 2.45) is 0 Å². The third-order valence-corrected chi connectivity index (χ3v) is 1.73. The largest absolute Gasteiger partial charge is 0.442 e. The summed E-state index contributed by atoms with van der Waals surface area (Å²) >= 11 is 0. The fourth-order valence-electron chi connectivity index (χ4n) is 1.06. The van der Waals surface area contributed by atoms with E-state index in [-0.39, 0.29) is 24.8 Å². The van der Waals surface area contributed by atoms with Crippen molar-refractivity contribution in [1.29, 1.82) is 0 Å². The van der Waals surface area contributed by atoms with Gasteiger partial charge >= 0.3 is 6.09 Å². The zero-order chi connectivity index (χ0) is 8.43. The van der Waals surface area contributed by atoms with Crippen LogP contribution in [-0.4, -0.2) is 41.4 Å². The molecule has 1 aliphatic heterocycles. The first-order valence-corrected chi connectivity index (χ1v) is 3.73. The van der Waals surface area contributed by atoms with Crippen LogP contribution in [0.2, 0.25) is 0 Å². The smallest absolute Gasteiger partial charge is 0.410 e. The molecule has 0 radical (unpaired) electrons. The Kier molecular flexibility index (Phi) is 2.34. The number of carbonyl (C=O) groups is 1. The van der Waals surface area contributed by atoms with Gasteiger partial charge in [0.2, 0.25) is 0 Å². The number of rotatable bonds is 2. The van der Waals surface area contributed by atoms with E-state index in [2.05, 4.69) is 0 Å². The average molecular weight is 159 g/mol. The number of aliphatic hydroxyl groups is 1. The highest BCUT2D eigenvalue weighted by molar-refractivity contribution is 5.70. The lowest BCUT2D eigenvalue weighted by Crippen LogP contribution is -2.32. The maximum Gasteiger partial charge on any atom is 0.410 e. The minimum absolute atomic E-state index is 0.0883. The molecule has 0 spiro atoms. The topological polar surface area (TPSA) is 49.8 Å². The summed E-state index contributed by atoms with van der Waals surface area (Å²) in [7, 11) is 0. The predicted molar refractivity (Wildman–Crippen MR) is 39.2 cm³/mol. The number of hydrogen-bond donors (Lipinski definition) is 1. The lowest BCUT2D eigenvalue weighted by atomic mass is 10.3. The molecule has 0 bridgehead atoms. The predicted octanol–water partition coefficient (Wildman–Crippen LogP) is 0.208. The molecule has 64 valence electrons. The highest BCUT2D eigenvalue weighted by Crippen LogP contribution is 2.13. The van der Waals surface area contributed by atoms with Gasteiger partial charge in [-0.15, -0.1) is 0 Å². The standard InChI is InChI=1S/C7H13NO3/c1-5(2)8-3-6(4-9)11-7(8)10/h5-6,9H,3-4H2,1-2H3/t6-/m0/s1. The molecule has 0 saturated carbocycles. The van der Waals surface area contributed by atoms with Gasteiger partial charge in [-0.25, -0.2) is 4.79 Å². The first kappa shape index (κ1) is 8.33. The molecule has 0 aromatic rings. The zero-order valence-corrected chi connectivity index (χ0v) is 6.78. The molecule has 4 nitrogen and oxygen atoms in total. The van der Waals surface area contributed by atoms with Gasteiger partial charge in [0.1, 0.15) is 6.10 Å². The first-order chi connectivity index (χ1) is 5.15. The molecule has 1 atom stereocenters. The Morgan fingerprint density at radius 2 is 2.45 bits per heavy atom. The lowest BCUT2D eigenvalue weighted by Gasteiger charge is -2.16. The molecule has 1 amide bonds. The van der Waals surface area contributed by atoms with Crippen LogP contribution in [0.3, 0.4) is 0 Å². The number of aliphatic hydroxyl groups excluding tert-OH is 1. The van der Waals surface area contributed by atoms with Crippen LogP contribution in [0.1, 0.15) is 13.8 Å². The summed E-state index contributed by atoms with van der Waals surface area (Å²) < 4.78 is 4.82. The molecule has 1 rings (SSSR count). The quantitative estimate of drug-likeness (QED) is 0.626. The molecule has 0 aromatic heterocycles. The molecular weight excluding hydrogens is 146 g/mol. The van der Waals surface area contributed by atoms with Crippen molar-refractivity contribution < 1.29 is 14.6 Å². The normalized spacial score (nSPS) is 24.5. The van der Waals surface area contributed by atoms with E-state index in [1.165, 1.54) is 0 Å². The minimum Gasteiger partial charge on any atom is -0.442 e. The zero-order valence-electron chi connectivity index (χ0n) is 6.78. The van der Waals surface area contributed by atoms with E-state index in [0.717, 1.165) is 0 Å². The van der Waals surface area contributed by atoms with Crippen molar-refractivity contribution >= 4 is 6.09 Å². The van der Waals surface area contributed by atoms with Gasteiger partial charge in [0.05, 0.1) is 13.2 Å². The second kappa shape index (κ2) is 3.09. The molecule has 1 heterocycles. The average Bonchev–Trinajstić information content (AvgIpc) is 2.30. The van der Waals surface area contributed by atoms with Crippen LogP contribution < -0.4 is 0 Å². The Hall–Kier alpha value is -0.770. The molecule has 0 unspecified atom stereocenters. The number of amides is 1. The third kappa shape index (κ3) is 1.63. The summed E-state index contributed by atoms with van der Waals surface area (Å²) in [6.07, 6.45) is -0.649. The molecule has 11 heavy (non-hydrogen) atoms. The fourth-order valence-corrected chi connectivity index (χ4v) is 1.06. The van der Waals surface area contributed by atoms with E-state index < -0.39 is 0 Å². The van der Waals surface area contributed by atoms with Gasteiger partial charge in [0.25, 0.3) is 0 Å². The molecule has 1 saturated heterocycles. The van der Waals surface area contributed by atoms with Crippen molar-refractivity contribution in [1.82, 2.24) is 4.90 Å². The van der Waals surface area contributed by atoms with Gasteiger partial charge in [0.15, 0.2) is 0 Å². The van der Waals surface area contributed by atoms with Crippen LogP contribution in [0, 0.1) is 0 Å². The summed E-state index contributed by atoms with van der Waals surface area (Å²) in [6.45, 7) is 4.25. The van der Waals surface area contributed by atoms with Crippen LogP contribution in [0.5, 0.6) is 0 Å². The highest BCUT2D eigenvalue weighted by Gasteiger charge is 2.31. The summed E-state index contributed by atoms with van der Waals surface area (Å²) in [5.74, 6) is 0. The van der Waals surface area contributed by atoms with E-state index in [1.54, 1.807) is 4.90 Å². The van der Waals surface area contributed by atoms with Crippen molar-refractivity contribution in [2.75, 3.05) is 13.2 Å². The first-order valence-electron chi connectivity index (χ1n) is 3.73. The Bertz CT molecular complexity index is 158. The molecule has 0 aliphatic carbocycles.